The number of nitrogens with one attached hydrogen (secondary N) is 2. The minimum absolute atomic E-state index is 0.0606. The second kappa shape index (κ2) is 9.37. The van der Waals surface area contributed by atoms with Gasteiger partial charge in [0.05, 0.1) is 11.4 Å². The lowest BCUT2D eigenvalue weighted by Crippen LogP contribution is -2.37. The minimum Gasteiger partial charge on any atom is -0.465 e. The van der Waals surface area contributed by atoms with Gasteiger partial charge in [0.15, 0.2) is 5.65 Å². The Hall–Kier alpha value is -4.54. The molecule has 0 spiro atoms. The Labute approximate surface area is 200 Å². The lowest BCUT2D eigenvalue weighted by molar-refractivity contribution is 0.102. The molecule has 0 radical (unpaired) electrons. The van der Waals surface area contributed by atoms with Crippen LogP contribution in [0, 0.1) is 0 Å². The SMILES string of the molecule is Nc1ncnc2c1c(-c1ccc(C(=O)Nc3ccccn3)cc1)nn2C1CCC(NC(=O)O)CC1. The van der Waals surface area contributed by atoms with Gasteiger partial charge in [0, 0.05) is 23.4 Å². The molecule has 5 N–H and O–H groups in total. The van der Waals surface area contributed by atoms with Gasteiger partial charge >= 0.3 is 6.09 Å². The first-order valence-corrected chi connectivity index (χ1v) is 11.3. The number of aromatic nitrogens is 5. The van der Waals surface area contributed by atoms with Gasteiger partial charge in [-0.3, -0.25) is 4.79 Å². The number of nitrogen functional groups attached to an aromatic ring is 1. The van der Waals surface area contributed by atoms with Gasteiger partial charge in [-0.2, -0.15) is 5.10 Å². The summed E-state index contributed by atoms with van der Waals surface area (Å²) in [6.07, 6.45) is 4.99. The van der Waals surface area contributed by atoms with E-state index in [4.69, 9.17) is 15.9 Å². The van der Waals surface area contributed by atoms with Gasteiger partial charge in [0.1, 0.15) is 23.7 Å². The van der Waals surface area contributed by atoms with Crippen LogP contribution in [0.1, 0.15) is 42.1 Å². The molecule has 3 heterocycles. The average Bonchev–Trinajstić information content (AvgIpc) is 3.26. The minimum atomic E-state index is -1.00. The molecule has 1 aliphatic carbocycles. The first-order valence-electron chi connectivity index (χ1n) is 11.3. The van der Waals surface area contributed by atoms with Crippen molar-refractivity contribution in [3.8, 4) is 11.3 Å². The number of fused-ring (bicyclic) bond motifs is 1. The normalized spacial score (nSPS) is 17.7. The summed E-state index contributed by atoms with van der Waals surface area (Å²) in [5.74, 6) is 0.541. The molecular formula is C24H24N8O3. The van der Waals surface area contributed by atoms with E-state index < -0.39 is 6.09 Å². The van der Waals surface area contributed by atoms with Gasteiger partial charge in [-0.05, 0) is 49.9 Å². The number of nitrogens with two attached hydrogens (primary N) is 1. The summed E-state index contributed by atoms with van der Waals surface area (Å²) >= 11 is 0. The number of nitrogens with zero attached hydrogens (tertiary/aromatic N) is 5. The third-order valence-corrected chi connectivity index (χ3v) is 6.22. The molecule has 0 saturated heterocycles. The Morgan fingerprint density at radius 2 is 1.77 bits per heavy atom. The topological polar surface area (TPSA) is 161 Å². The molecule has 0 aliphatic heterocycles. The van der Waals surface area contributed by atoms with Crippen LogP contribution < -0.4 is 16.4 Å². The highest BCUT2D eigenvalue weighted by Gasteiger charge is 2.27. The second-order valence-corrected chi connectivity index (χ2v) is 8.45. The summed E-state index contributed by atoms with van der Waals surface area (Å²) in [6, 6.07) is 12.4. The van der Waals surface area contributed by atoms with E-state index in [1.54, 1.807) is 36.5 Å². The molecule has 5 rings (SSSR count). The highest BCUT2D eigenvalue weighted by atomic mass is 16.4. The molecule has 35 heavy (non-hydrogen) atoms. The van der Waals surface area contributed by atoms with Crippen molar-refractivity contribution in [3.05, 3.63) is 60.6 Å². The highest BCUT2D eigenvalue weighted by molar-refractivity contribution is 6.04. The van der Waals surface area contributed by atoms with Gasteiger partial charge in [-0.1, -0.05) is 18.2 Å². The van der Waals surface area contributed by atoms with Gasteiger partial charge < -0.3 is 21.5 Å². The van der Waals surface area contributed by atoms with Crippen molar-refractivity contribution in [1.29, 1.82) is 0 Å². The average molecular weight is 473 g/mol. The van der Waals surface area contributed by atoms with Crippen LogP contribution in [0.25, 0.3) is 22.3 Å². The maximum atomic E-state index is 12.6. The maximum Gasteiger partial charge on any atom is 0.404 e. The van der Waals surface area contributed by atoms with Crippen molar-refractivity contribution in [2.45, 2.75) is 37.8 Å². The summed E-state index contributed by atoms with van der Waals surface area (Å²) < 4.78 is 1.88. The van der Waals surface area contributed by atoms with Crippen LogP contribution >= 0.6 is 0 Å². The van der Waals surface area contributed by atoms with Crippen LogP contribution in [0.15, 0.2) is 55.0 Å². The zero-order chi connectivity index (χ0) is 24.4. The number of benzene rings is 1. The van der Waals surface area contributed by atoms with Gasteiger partial charge in [0.2, 0.25) is 0 Å². The Balaban J connectivity index is 1.42. The molecule has 0 bridgehead atoms. The number of pyridine rings is 1. The predicted molar refractivity (Wildman–Crippen MR) is 130 cm³/mol. The Bertz CT molecular complexity index is 1360. The number of carbonyl (C=O) groups is 2. The molecule has 4 aromatic rings. The lowest BCUT2D eigenvalue weighted by atomic mass is 9.91. The fourth-order valence-electron chi connectivity index (χ4n) is 4.50. The van der Waals surface area contributed by atoms with E-state index in [-0.39, 0.29) is 18.0 Å². The predicted octanol–water partition coefficient (Wildman–Crippen LogP) is 3.47. The summed E-state index contributed by atoms with van der Waals surface area (Å²) in [7, 11) is 0. The number of carbonyl (C=O) groups excluding carboxylic acids is 1. The maximum absolute atomic E-state index is 12.6. The van der Waals surface area contributed by atoms with E-state index in [9.17, 15) is 9.59 Å². The van der Waals surface area contributed by atoms with Crippen LogP contribution in [-0.4, -0.2) is 47.9 Å². The molecule has 3 aromatic heterocycles. The second-order valence-electron chi connectivity index (χ2n) is 8.45. The first-order chi connectivity index (χ1) is 17.0. The molecule has 1 aliphatic rings. The Morgan fingerprint density at radius 3 is 2.46 bits per heavy atom. The zero-order valence-corrected chi connectivity index (χ0v) is 18.8. The number of rotatable bonds is 5. The first kappa shape index (κ1) is 22.3. The molecule has 2 amide bonds. The van der Waals surface area contributed by atoms with Crippen molar-refractivity contribution in [2.75, 3.05) is 11.1 Å². The van der Waals surface area contributed by atoms with Crippen LogP contribution in [0.3, 0.4) is 0 Å². The van der Waals surface area contributed by atoms with Crippen LogP contribution in [0.4, 0.5) is 16.4 Å². The third kappa shape index (κ3) is 4.60. The van der Waals surface area contributed by atoms with E-state index >= 15 is 0 Å². The highest BCUT2D eigenvalue weighted by Crippen LogP contribution is 2.36. The number of anilines is 2. The van der Waals surface area contributed by atoms with E-state index in [0.717, 1.165) is 18.4 Å². The summed E-state index contributed by atoms with van der Waals surface area (Å²) in [5.41, 5.74) is 8.77. The Kier molecular flexibility index (Phi) is 5.96. The third-order valence-electron chi connectivity index (χ3n) is 6.22. The standard InChI is InChI=1S/C24H24N8O3/c25-21-19-20(14-4-6-15(7-5-14)23(33)30-18-3-1-2-12-26-18)31-32(22(19)28-13-27-21)17-10-8-16(9-11-17)29-24(34)35/h1-7,12-13,16-17,29H,8-11H2,(H,34,35)(H2,25,27,28)(H,26,30,33). The quantitative estimate of drug-likeness (QED) is 0.343. The monoisotopic (exact) mass is 472 g/mol. The van der Waals surface area contributed by atoms with Crippen LogP contribution in [0.2, 0.25) is 0 Å². The fourth-order valence-corrected chi connectivity index (χ4v) is 4.50. The zero-order valence-electron chi connectivity index (χ0n) is 18.8. The number of amides is 2. The molecule has 0 unspecified atom stereocenters. The largest absolute Gasteiger partial charge is 0.465 e. The van der Waals surface area contributed by atoms with Crippen molar-refractivity contribution in [3.63, 3.8) is 0 Å². The number of carboxylic acid groups (broad SMARTS) is 1. The summed E-state index contributed by atoms with van der Waals surface area (Å²) in [4.78, 5) is 36.3. The molecule has 1 aromatic carbocycles. The van der Waals surface area contributed by atoms with Gasteiger partial charge in [0.25, 0.3) is 5.91 Å². The van der Waals surface area contributed by atoms with Crippen molar-refractivity contribution >= 4 is 34.7 Å². The van der Waals surface area contributed by atoms with E-state index in [1.807, 2.05) is 16.8 Å². The van der Waals surface area contributed by atoms with Crippen molar-refractivity contribution in [2.24, 2.45) is 0 Å². The van der Waals surface area contributed by atoms with E-state index in [1.165, 1.54) is 6.33 Å². The van der Waals surface area contributed by atoms with E-state index in [2.05, 4.69) is 25.6 Å². The molecular weight excluding hydrogens is 448 g/mol. The molecule has 1 saturated carbocycles. The lowest BCUT2D eigenvalue weighted by Gasteiger charge is -2.28. The number of hydrogen-bond donors (Lipinski definition) is 4. The van der Waals surface area contributed by atoms with Crippen molar-refractivity contribution in [1.82, 2.24) is 30.0 Å². The summed E-state index contributed by atoms with van der Waals surface area (Å²) in [6.45, 7) is 0. The Morgan fingerprint density at radius 1 is 1.00 bits per heavy atom. The molecule has 11 nitrogen and oxygen atoms in total. The van der Waals surface area contributed by atoms with Crippen LogP contribution in [0.5, 0.6) is 0 Å². The van der Waals surface area contributed by atoms with Crippen LogP contribution in [-0.2, 0) is 0 Å². The molecule has 178 valence electrons. The van der Waals surface area contributed by atoms with Gasteiger partial charge in [-0.25, -0.2) is 24.4 Å². The van der Waals surface area contributed by atoms with Crippen molar-refractivity contribution < 1.29 is 14.7 Å². The summed E-state index contributed by atoms with van der Waals surface area (Å²) in [5, 5.41) is 19.8. The van der Waals surface area contributed by atoms with E-state index in [0.29, 0.717) is 46.8 Å². The number of hydrogen-bond acceptors (Lipinski definition) is 7. The van der Waals surface area contributed by atoms with Gasteiger partial charge in [-0.15, -0.1) is 0 Å². The molecule has 0 atom stereocenters. The molecule has 11 heteroatoms. The molecule has 1 fully saturated rings. The fraction of sp³-hybridized carbons (Fsp3) is 0.250. The smallest absolute Gasteiger partial charge is 0.404 e.